The Kier molecular flexibility index (Phi) is 3.10. The van der Waals surface area contributed by atoms with Crippen molar-refractivity contribution in [2.75, 3.05) is 0 Å². The van der Waals surface area contributed by atoms with Crippen LogP contribution in [0.15, 0.2) is 29.6 Å². The summed E-state index contributed by atoms with van der Waals surface area (Å²) < 4.78 is 0. The largest absolute Gasteiger partial charge is 0.298 e. The number of rotatable bonds is 2. The third-order valence-electron chi connectivity index (χ3n) is 1.97. The molecule has 0 unspecified atom stereocenters. The van der Waals surface area contributed by atoms with Gasteiger partial charge < -0.3 is 0 Å². The maximum absolute atomic E-state index is 10.6. The summed E-state index contributed by atoms with van der Waals surface area (Å²) in [6, 6.07) is 7.26. The molecule has 4 heteroatoms. The van der Waals surface area contributed by atoms with E-state index in [2.05, 4.69) is 0 Å². The van der Waals surface area contributed by atoms with E-state index >= 15 is 0 Å². The molecule has 0 atom stereocenters. The van der Waals surface area contributed by atoms with Crippen molar-refractivity contribution in [2.24, 2.45) is 0 Å². The van der Waals surface area contributed by atoms with E-state index < -0.39 is 0 Å². The van der Waals surface area contributed by atoms with E-state index in [4.69, 9.17) is 23.2 Å². The minimum absolute atomic E-state index is 0.523. The van der Waals surface area contributed by atoms with E-state index in [-0.39, 0.29) is 0 Å². The average molecular weight is 257 g/mol. The summed E-state index contributed by atoms with van der Waals surface area (Å²) in [5.74, 6) is 0. The molecule has 1 aromatic heterocycles. The zero-order valence-corrected chi connectivity index (χ0v) is 9.86. The summed E-state index contributed by atoms with van der Waals surface area (Å²) in [7, 11) is 0. The summed E-state index contributed by atoms with van der Waals surface area (Å²) >= 11 is 13.4. The molecule has 0 aliphatic carbocycles. The molecule has 0 fully saturated rings. The molecule has 2 rings (SSSR count). The van der Waals surface area contributed by atoms with Crippen molar-refractivity contribution >= 4 is 40.8 Å². The number of hydrogen-bond donors (Lipinski definition) is 0. The van der Waals surface area contributed by atoms with Gasteiger partial charge in [-0.3, -0.25) is 4.79 Å². The van der Waals surface area contributed by atoms with Crippen molar-refractivity contribution in [3.63, 3.8) is 0 Å². The topological polar surface area (TPSA) is 17.1 Å². The van der Waals surface area contributed by atoms with Gasteiger partial charge in [-0.1, -0.05) is 35.3 Å². The highest BCUT2D eigenvalue weighted by molar-refractivity contribution is 7.13. The Morgan fingerprint density at radius 1 is 1.27 bits per heavy atom. The van der Waals surface area contributed by atoms with Gasteiger partial charge in [0.25, 0.3) is 0 Å². The Hall–Kier alpha value is -0.830. The van der Waals surface area contributed by atoms with Crippen LogP contribution in [0.2, 0.25) is 10.0 Å². The van der Waals surface area contributed by atoms with Crippen molar-refractivity contribution in [2.45, 2.75) is 0 Å². The van der Waals surface area contributed by atoms with E-state index in [9.17, 15) is 4.79 Å². The normalized spacial score (nSPS) is 10.3. The fourth-order valence-corrected chi connectivity index (χ4v) is 2.59. The van der Waals surface area contributed by atoms with Crippen molar-refractivity contribution < 1.29 is 4.79 Å². The Bertz CT molecular complexity index is 505. The standard InChI is InChI=1S/C11H6Cl2OS/c12-9-3-1-2-8(11(9)13)10-4-7(5-14)6-15-10/h1-6H. The van der Waals surface area contributed by atoms with Crippen LogP contribution in [0, 0.1) is 0 Å². The van der Waals surface area contributed by atoms with Crippen LogP contribution in [0.25, 0.3) is 10.4 Å². The molecular formula is C11H6Cl2OS. The second kappa shape index (κ2) is 4.35. The van der Waals surface area contributed by atoms with Gasteiger partial charge in [0.1, 0.15) is 0 Å². The summed E-state index contributed by atoms with van der Waals surface area (Å²) in [6.07, 6.45) is 0.818. The minimum atomic E-state index is 0.523. The van der Waals surface area contributed by atoms with E-state index in [0.29, 0.717) is 15.6 Å². The quantitative estimate of drug-likeness (QED) is 0.722. The molecular weight excluding hydrogens is 251 g/mol. The zero-order valence-electron chi connectivity index (χ0n) is 7.54. The molecule has 1 heterocycles. The second-order valence-corrected chi connectivity index (χ2v) is 4.66. The lowest BCUT2D eigenvalue weighted by molar-refractivity contribution is 0.112. The maximum atomic E-state index is 10.6. The van der Waals surface area contributed by atoms with Crippen molar-refractivity contribution in [3.05, 3.63) is 45.3 Å². The molecule has 15 heavy (non-hydrogen) atoms. The van der Waals surface area contributed by atoms with Gasteiger partial charge in [-0.15, -0.1) is 11.3 Å². The first-order valence-corrected chi connectivity index (χ1v) is 5.84. The van der Waals surface area contributed by atoms with Crippen LogP contribution in [-0.4, -0.2) is 6.29 Å². The molecule has 0 aliphatic rings. The van der Waals surface area contributed by atoms with Gasteiger partial charge in [-0.2, -0.15) is 0 Å². The van der Waals surface area contributed by atoms with Crippen LogP contribution < -0.4 is 0 Å². The van der Waals surface area contributed by atoms with Crippen molar-refractivity contribution in [3.8, 4) is 10.4 Å². The maximum Gasteiger partial charge on any atom is 0.150 e. The predicted octanol–water partition coefficient (Wildman–Crippen LogP) is 4.53. The van der Waals surface area contributed by atoms with Crippen molar-refractivity contribution in [1.29, 1.82) is 0 Å². The molecule has 0 amide bonds. The second-order valence-electron chi connectivity index (χ2n) is 2.96. The summed E-state index contributed by atoms with van der Waals surface area (Å²) in [5.41, 5.74) is 1.52. The first kappa shape index (κ1) is 10.7. The lowest BCUT2D eigenvalue weighted by atomic mass is 10.2. The number of benzene rings is 1. The van der Waals surface area contributed by atoms with E-state index in [1.807, 2.05) is 12.1 Å². The molecule has 0 saturated carbocycles. The average Bonchev–Trinajstić information content (AvgIpc) is 2.70. The highest BCUT2D eigenvalue weighted by Crippen LogP contribution is 2.36. The number of carbonyl (C=O) groups excluding carboxylic acids is 1. The van der Waals surface area contributed by atoms with Gasteiger partial charge in [0.15, 0.2) is 6.29 Å². The zero-order chi connectivity index (χ0) is 10.8. The third-order valence-corrected chi connectivity index (χ3v) is 3.77. The van der Waals surface area contributed by atoms with Crippen LogP contribution in [0.5, 0.6) is 0 Å². The van der Waals surface area contributed by atoms with Gasteiger partial charge in [-0.05, 0) is 12.1 Å². The molecule has 0 spiro atoms. The number of halogens is 2. The Morgan fingerprint density at radius 2 is 2.07 bits per heavy atom. The van der Waals surface area contributed by atoms with Gasteiger partial charge in [0.05, 0.1) is 10.0 Å². The fourth-order valence-electron chi connectivity index (χ4n) is 1.25. The van der Waals surface area contributed by atoms with Gasteiger partial charge in [0, 0.05) is 21.4 Å². The Labute approximate surface area is 101 Å². The molecule has 2 aromatic rings. The molecule has 0 N–H and O–H groups in total. The Morgan fingerprint density at radius 3 is 2.73 bits per heavy atom. The van der Waals surface area contributed by atoms with Crippen LogP contribution >= 0.6 is 34.5 Å². The molecule has 0 aliphatic heterocycles. The fraction of sp³-hybridized carbons (Fsp3) is 0. The summed E-state index contributed by atoms with van der Waals surface area (Å²) in [5, 5.41) is 2.84. The van der Waals surface area contributed by atoms with Gasteiger partial charge in [0.2, 0.25) is 0 Å². The molecule has 76 valence electrons. The molecule has 0 radical (unpaired) electrons. The number of aldehydes is 1. The SMILES string of the molecule is O=Cc1csc(-c2cccc(Cl)c2Cl)c1. The van der Waals surface area contributed by atoms with E-state index in [1.165, 1.54) is 11.3 Å². The number of carbonyl (C=O) groups is 1. The Balaban J connectivity index is 2.53. The predicted molar refractivity (Wildman–Crippen MR) is 65.2 cm³/mol. The molecule has 1 aromatic carbocycles. The number of thiophene rings is 1. The lowest BCUT2D eigenvalue weighted by Gasteiger charge is -2.02. The van der Waals surface area contributed by atoms with Gasteiger partial charge >= 0.3 is 0 Å². The van der Waals surface area contributed by atoms with Gasteiger partial charge in [-0.25, -0.2) is 0 Å². The number of hydrogen-bond acceptors (Lipinski definition) is 2. The van der Waals surface area contributed by atoms with Crippen LogP contribution in [-0.2, 0) is 0 Å². The molecule has 0 saturated heterocycles. The molecule has 1 nitrogen and oxygen atoms in total. The summed E-state index contributed by atoms with van der Waals surface area (Å²) in [6.45, 7) is 0. The smallest absolute Gasteiger partial charge is 0.150 e. The van der Waals surface area contributed by atoms with Crippen LogP contribution in [0.3, 0.4) is 0 Å². The first-order valence-electron chi connectivity index (χ1n) is 4.20. The van der Waals surface area contributed by atoms with E-state index in [0.717, 1.165) is 16.7 Å². The van der Waals surface area contributed by atoms with E-state index in [1.54, 1.807) is 17.5 Å². The highest BCUT2D eigenvalue weighted by Gasteiger charge is 2.08. The first-order chi connectivity index (χ1) is 7.22. The van der Waals surface area contributed by atoms with Crippen molar-refractivity contribution in [1.82, 2.24) is 0 Å². The highest BCUT2D eigenvalue weighted by atomic mass is 35.5. The minimum Gasteiger partial charge on any atom is -0.298 e. The third kappa shape index (κ3) is 2.07. The summed E-state index contributed by atoms with van der Waals surface area (Å²) in [4.78, 5) is 11.5. The van der Waals surface area contributed by atoms with Crippen LogP contribution in [0.4, 0.5) is 0 Å². The monoisotopic (exact) mass is 256 g/mol. The lowest BCUT2D eigenvalue weighted by Crippen LogP contribution is -1.76. The van der Waals surface area contributed by atoms with Crippen LogP contribution in [0.1, 0.15) is 10.4 Å². The molecule has 0 bridgehead atoms.